The number of methoxy groups -OCH3 is 1. The summed E-state index contributed by atoms with van der Waals surface area (Å²) in [6.45, 7) is 1.63. The average Bonchev–Trinajstić information content (AvgIpc) is 2.53. The number of amides is 1. The van der Waals surface area contributed by atoms with Crippen LogP contribution >= 0.6 is 0 Å². The molecule has 0 saturated carbocycles. The van der Waals surface area contributed by atoms with Crippen LogP contribution in [0, 0.1) is 4.91 Å². The highest BCUT2D eigenvalue weighted by atomic mass is 16.5. The lowest BCUT2D eigenvalue weighted by Crippen LogP contribution is -2.43. The Morgan fingerprint density at radius 3 is 2.41 bits per heavy atom. The molecule has 0 saturated heterocycles. The first-order valence-electron chi connectivity index (χ1n) is 6.65. The Balaban J connectivity index is 4.37. The van der Waals surface area contributed by atoms with Gasteiger partial charge in [0.2, 0.25) is 0 Å². The summed E-state index contributed by atoms with van der Waals surface area (Å²) in [5, 5.41) is 12.4. The Hall–Kier alpha value is -2.29. The Labute approximate surface area is 127 Å². The summed E-state index contributed by atoms with van der Waals surface area (Å²) in [7, 11) is 1.15. The molecule has 0 aromatic rings. The van der Waals surface area contributed by atoms with Crippen molar-refractivity contribution in [3.05, 3.63) is 17.1 Å². The van der Waals surface area contributed by atoms with Crippen LogP contribution in [0.1, 0.15) is 13.3 Å². The van der Waals surface area contributed by atoms with Crippen LogP contribution in [0.25, 0.3) is 0 Å². The minimum atomic E-state index is -1.55. The van der Waals surface area contributed by atoms with E-state index >= 15 is 0 Å². The monoisotopic (exact) mass is 316 g/mol. The van der Waals surface area contributed by atoms with Gasteiger partial charge < -0.3 is 19.5 Å². The minimum absolute atomic E-state index is 0.0832. The van der Waals surface area contributed by atoms with Crippen molar-refractivity contribution in [2.24, 2.45) is 5.18 Å². The number of aliphatic hydroxyl groups excluding tert-OH is 1. The zero-order valence-electron chi connectivity index (χ0n) is 12.6. The first-order valence-corrected chi connectivity index (χ1v) is 6.65. The summed E-state index contributed by atoms with van der Waals surface area (Å²) in [5.41, 5.74) is 0. The first kappa shape index (κ1) is 19.7. The molecule has 0 aliphatic carbocycles. The Bertz CT molecular complexity index is 423. The highest BCUT2D eigenvalue weighted by molar-refractivity contribution is 5.91. The first-order chi connectivity index (χ1) is 10.5. The van der Waals surface area contributed by atoms with E-state index in [-0.39, 0.29) is 13.1 Å². The lowest BCUT2D eigenvalue weighted by atomic mass is 10.3. The number of esters is 2. The van der Waals surface area contributed by atoms with Gasteiger partial charge in [0.1, 0.15) is 6.61 Å². The van der Waals surface area contributed by atoms with Gasteiger partial charge in [-0.3, -0.25) is 4.79 Å². The van der Waals surface area contributed by atoms with Crippen molar-refractivity contribution >= 4 is 17.8 Å². The number of nitrogens with zero attached hydrogens (tertiary/aromatic N) is 2. The summed E-state index contributed by atoms with van der Waals surface area (Å²) in [6.07, 6.45) is 0.770. The molecular formula is C13H20N2O7. The highest BCUT2D eigenvalue weighted by Gasteiger charge is 2.22. The highest BCUT2D eigenvalue weighted by Crippen LogP contribution is 1.99. The quantitative estimate of drug-likeness (QED) is 0.331. The maximum absolute atomic E-state index is 11.9. The summed E-state index contributed by atoms with van der Waals surface area (Å²) < 4.78 is 8.92. The van der Waals surface area contributed by atoms with E-state index in [9.17, 15) is 24.4 Å². The number of rotatable bonds is 10. The van der Waals surface area contributed by atoms with E-state index in [1.165, 1.54) is 4.90 Å². The number of ether oxygens (including phenoxy) is 2. The van der Waals surface area contributed by atoms with Crippen molar-refractivity contribution < 1.29 is 29.0 Å². The van der Waals surface area contributed by atoms with Gasteiger partial charge in [0, 0.05) is 25.2 Å². The zero-order valence-corrected chi connectivity index (χ0v) is 12.6. The molecule has 0 spiro atoms. The van der Waals surface area contributed by atoms with Crippen LogP contribution < -0.4 is 0 Å². The standard InChI is InChI=1S/C13H20N2O7/c1-3-7-15(8-6-14-20)13(19)10(16)9-22-12(18)5-4-11(17)21-2/h4-5,10,16H,3,6-9H2,1-2H3/b5-4+. The van der Waals surface area contributed by atoms with Crippen LogP contribution in [-0.4, -0.2) is 67.3 Å². The van der Waals surface area contributed by atoms with Crippen molar-refractivity contribution in [1.82, 2.24) is 4.90 Å². The van der Waals surface area contributed by atoms with Crippen LogP contribution in [0.5, 0.6) is 0 Å². The lowest BCUT2D eigenvalue weighted by molar-refractivity contribution is -0.149. The fraction of sp³-hybridized carbons (Fsp3) is 0.615. The normalized spacial score (nSPS) is 11.8. The molecule has 0 heterocycles. The number of carbonyl (C=O) groups is 3. The topological polar surface area (TPSA) is 123 Å². The predicted octanol–water partition coefficient (Wildman–Crippen LogP) is -0.375. The van der Waals surface area contributed by atoms with E-state index in [2.05, 4.69) is 14.7 Å². The molecule has 0 rings (SSSR count). The van der Waals surface area contributed by atoms with Crippen molar-refractivity contribution in [1.29, 1.82) is 0 Å². The molecule has 0 radical (unpaired) electrons. The van der Waals surface area contributed by atoms with E-state index in [1.54, 1.807) is 0 Å². The number of hydrogen-bond acceptors (Lipinski definition) is 8. The van der Waals surface area contributed by atoms with E-state index in [4.69, 9.17) is 0 Å². The number of hydrogen-bond donors (Lipinski definition) is 1. The SMILES string of the molecule is CCCN(CCN=O)C(=O)C(O)COC(=O)/C=C/C(=O)OC. The van der Waals surface area contributed by atoms with Crippen molar-refractivity contribution in [3.8, 4) is 0 Å². The van der Waals surface area contributed by atoms with Crippen LogP contribution in [0.3, 0.4) is 0 Å². The summed E-state index contributed by atoms with van der Waals surface area (Å²) >= 11 is 0. The van der Waals surface area contributed by atoms with Gasteiger partial charge in [-0.1, -0.05) is 12.1 Å². The van der Waals surface area contributed by atoms with Crippen LogP contribution in [0.15, 0.2) is 17.3 Å². The second kappa shape index (κ2) is 11.4. The van der Waals surface area contributed by atoms with E-state index in [1.807, 2.05) is 6.92 Å². The second-order valence-corrected chi connectivity index (χ2v) is 4.18. The molecule has 9 nitrogen and oxygen atoms in total. The molecule has 22 heavy (non-hydrogen) atoms. The Kier molecular flexibility index (Phi) is 10.2. The van der Waals surface area contributed by atoms with Crippen LogP contribution in [0.2, 0.25) is 0 Å². The van der Waals surface area contributed by atoms with E-state index in [0.717, 1.165) is 19.3 Å². The van der Waals surface area contributed by atoms with E-state index in [0.29, 0.717) is 13.0 Å². The molecule has 0 aromatic carbocycles. The molecule has 124 valence electrons. The summed E-state index contributed by atoms with van der Waals surface area (Å²) in [6, 6.07) is 0. The second-order valence-electron chi connectivity index (χ2n) is 4.18. The fourth-order valence-corrected chi connectivity index (χ4v) is 1.46. The van der Waals surface area contributed by atoms with Gasteiger partial charge in [0.15, 0.2) is 6.10 Å². The van der Waals surface area contributed by atoms with Gasteiger partial charge in [0.25, 0.3) is 5.91 Å². The Morgan fingerprint density at radius 2 is 1.86 bits per heavy atom. The third kappa shape index (κ3) is 8.10. The minimum Gasteiger partial charge on any atom is -0.466 e. The van der Waals surface area contributed by atoms with Crippen molar-refractivity contribution in [2.75, 3.05) is 33.4 Å². The molecule has 0 aliphatic heterocycles. The van der Waals surface area contributed by atoms with Gasteiger partial charge in [-0.05, 0) is 6.42 Å². The van der Waals surface area contributed by atoms with Gasteiger partial charge in [-0.15, -0.1) is 0 Å². The number of nitroso groups, excluding NO2 is 1. The fourth-order valence-electron chi connectivity index (χ4n) is 1.46. The third-order valence-corrected chi connectivity index (χ3v) is 2.49. The smallest absolute Gasteiger partial charge is 0.331 e. The van der Waals surface area contributed by atoms with Crippen LogP contribution in [-0.2, 0) is 23.9 Å². The van der Waals surface area contributed by atoms with Crippen molar-refractivity contribution in [2.45, 2.75) is 19.4 Å². The van der Waals surface area contributed by atoms with Gasteiger partial charge in [-0.2, -0.15) is 4.91 Å². The molecular weight excluding hydrogens is 296 g/mol. The maximum atomic E-state index is 11.9. The molecule has 0 bridgehead atoms. The van der Waals surface area contributed by atoms with E-state index < -0.39 is 30.6 Å². The molecule has 1 amide bonds. The summed E-state index contributed by atoms with van der Waals surface area (Å²) in [5.74, 6) is -2.28. The molecule has 1 N–H and O–H groups in total. The van der Waals surface area contributed by atoms with Gasteiger partial charge in [-0.25, -0.2) is 9.59 Å². The molecule has 0 aromatic heterocycles. The van der Waals surface area contributed by atoms with Crippen molar-refractivity contribution in [3.63, 3.8) is 0 Å². The van der Waals surface area contributed by atoms with Gasteiger partial charge >= 0.3 is 11.9 Å². The molecule has 0 fully saturated rings. The molecule has 0 aliphatic rings. The predicted molar refractivity (Wildman–Crippen MR) is 75.7 cm³/mol. The lowest BCUT2D eigenvalue weighted by Gasteiger charge is -2.23. The Morgan fingerprint density at radius 1 is 1.23 bits per heavy atom. The number of carbonyl (C=O) groups excluding carboxylic acids is 3. The average molecular weight is 316 g/mol. The summed E-state index contributed by atoms with van der Waals surface area (Å²) in [4.78, 5) is 45.3. The number of aliphatic hydroxyl groups is 1. The largest absolute Gasteiger partial charge is 0.466 e. The maximum Gasteiger partial charge on any atom is 0.331 e. The molecule has 1 atom stereocenters. The van der Waals surface area contributed by atoms with Gasteiger partial charge in [0.05, 0.1) is 13.7 Å². The van der Waals surface area contributed by atoms with Crippen LogP contribution in [0.4, 0.5) is 0 Å². The zero-order chi connectivity index (χ0) is 17.0. The third-order valence-electron chi connectivity index (χ3n) is 2.49. The molecule has 1 unspecified atom stereocenters. The molecule has 9 heteroatoms.